The topological polar surface area (TPSA) is 115 Å². The van der Waals surface area contributed by atoms with Crippen molar-refractivity contribution in [2.45, 2.75) is 44.2 Å². The summed E-state index contributed by atoms with van der Waals surface area (Å²) in [4.78, 5) is 12.3. The van der Waals surface area contributed by atoms with Gasteiger partial charge in [0.2, 0.25) is 16.9 Å². The lowest BCUT2D eigenvalue weighted by atomic mass is 10.0. The number of carbonyl (C=O) groups is 1. The second-order valence-corrected chi connectivity index (χ2v) is 8.12. The number of anilines is 1. The van der Waals surface area contributed by atoms with E-state index in [9.17, 15) is 4.79 Å². The molecule has 1 amide bonds. The first-order chi connectivity index (χ1) is 13.5. The fourth-order valence-electron chi connectivity index (χ4n) is 3.32. The molecule has 0 saturated heterocycles. The minimum atomic E-state index is -0.118. The van der Waals surface area contributed by atoms with Crippen molar-refractivity contribution in [2.75, 3.05) is 16.9 Å². The van der Waals surface area contributed by atoms with Crippen molar-refractivity contribution in [2.24, 2.45) is 0 Å². The van der Waals surface area contributed by atoms with Crippen molar-refractivity contribution in [3.63, 3.8) is 0 Å². The first-order valence-corrected chi connectivity index (χ1v) is 10.3. The highest BCUT2D eigenvalue weighted by Gasteiger charge is 2.24. The summed E-state index contributed by atoms with van der Waals surface area (Å²) < 4.78 is 1.41. The number of amides is 1. The maximum absolute atomic E-state index is 12.3. The van der Waals surface area contributed by atoms with Gasteiger partial charge in [-0.2, -0.15) is 5.10 Å². The van der Waals surface area contributed by atoms with Crippen molar-refractivity contribution < 1.29 is 4.79 Å². The molecule has 146 valence electrons. The highest BCUT2D eigenvalue weighted by atomic mass is 32.2. The molecule has 0 aliphatic heterocycles. The third kappa shape index (κ3) is 3.62. The van der Waals surface area contributed by atoms with Crippen LogP contribution in [0.25, 0.3) is 11.5 Å². The first-order valence-electron chi connectivity index (χ1n) is 9.32. The lowest BCUT2D eigenvalue weighted by Crippen LogP contribution is -2.16. The summed E-state index contributed by atoms with van der Waals surface area (Å²) in [5, 5.41) is 19.1. The number of H-pyrrole nitrogens is 1. The van der Waals surface area contributed by atoms with Gasteiger partial charge in [-0.15, -0.1) is 10.2 Å². The van der Waals surface area contributed by atoms with Crippen LogP contribution in [0.2, 0.25) is 0 Å². The maximum Gasteiger partial charge on any atom is 0.234 e. The molecule has 0 bridgehead atoms. The van der Waals surface area contributed by atoms with Gasteiger partial charge in [-0.25, -0.2) is 4.68 Å². The second kappa shape index (κ2) is 7.67. The smallest absolute Gasteiger partial charge is 0.234 e. The van der Waals surface area contributed by atoms with Gasteiger partial charge < -0.3 is 11.2 Å². The number of fused-ring (bicyclic) bond motifs is 1. The molecule has 9 heteroatoms. The van der Waals surface area contributed by atoms with E-state index >= 15 is 0 Å². The second-order valence-electron chi connectivity index (χ2n) is 7.17. The molecule has 4 N–H and O–H groups in total. The lowest BCUT2D eigenvalue weighted by Gasteiger charge is -2.08. The predicted octanol–water partition coefficient (Wildman–Crippen LogP) is 2.72. The molecule has 0 radical (unpaired) electrons. The SMILES string of the molecule is CC(C)c1ccc(NC(=O)CSc2nnc(-c3n[nH]c4c3CCC4)n2N)cc1. The van der Waals surface area contributed by atoms with Gasteiger partial charge in [0.25, 0.3) is 0 Å². The minimum absolute atomic E-state index is 0.118. The number of nitrogens with one attached hydrogen (secondary N) is 2. The van der Waals surface area contributed by atoms with Crippen LogP contribution in [0, 0.1) is 0 Å². The summed E-state index contributed by atoms with van der Waals surface area (Å²) in [5.41, 5.74) is 5.08. The van der Waals surface area contributed by atoms with Gasteiger partial charge in [0, 0.05) is 16.9 Å². The number of aryl methyl sites for hydroxylation is 1. The summed E-state index contributed by atoms with van der Waals surface area (Å²) in [6.45, 7) is 4.28. The number of nitrogen functional groups attached to an aromatic ring is 1. The van der Waals surface area contributed by atoms with E-state index in [0.717, 1.165) is 36.3 Å². The third-order valence-corrected chi connectivity index (χ3v) is 5.82. The molecule has 2 aromatic heterocycles. The van der Waals surface area contributed by atoms with E-state index in [4.69, 9.17) is 5.84 Å². The van der Waals surface area contributed by atoms with Gasteiger partial charge >= 0.3 is 0 Å². The molecule has 3 aromatic rings. The summed E-state index contributed by atoms with van der Waals surface area (Å²) in [5.74, 6) is 7.21. The Bertz CT molecular complexity index is 990. The van der Waals surface area contributed by atoms with Crippen LogP contribution in [0.5, 0.6) is 0 Å². The fourth-order valence-corrected chi connectivity index (χ4v) is 3.98. The molecule has 0 saturated carbocycles. The number of nitrogens with two attached hydrogens (primary N) is 1. The average molecular weight is 398 g/mol. The molecule has 1 aliphatic rings. The highest BCUT2D eigenvalue weighted by Crippen LogP contribution is 2.30. The number of nitrogens with zero attached hydrogens (tertiary/aromatic N) is 4. The minimum Gasteiger partial charge on any atom is -0.335 e. The quantitative estimate of drug-likeness (QED) is 0.435. The van der Waals surface area contributed by atoms with Crippen LogP contribution in [0.15, 0.2) is 29.4 Å². The maximum atomic E-state index is 12.3. The molecule has 0 fully saturated rings. The Morgan fingerprint density at radius 2 is 2.07 bits per heavy atom. The zero-order chi connectivity index (χ0) is 19.7. The van der Waals surface area contributed by atoms with E-state index in [-0.39, 0.29) is 11.7 Å². The number of hydrogen-bond acceptors (Lipinski definition) is 6. The Morgan fingerprint density at radius 1 is 1.29 bits per heavy atom. The molecule has 1 aliphatic carbocycles. The number of aromatic nitrogens is 5. The Hall–Kier alpha value is -2.81. The van der Waals surface area contributed by atoms with E-state index in [0.29, 0.717) is 16.9 Å². The van der Waals surface area contributed by atoms with Gasteiger partial charge in [0.15, 0.2) is 0 Å². The summed E-state index contributed by atoms with van der Waals surface area (Å²) >= 11 is 1.25. The van der Waals surface area contributed by atoms with Crippen LogP contribution in [-0.2, 0) is 17.6 Å². The molecule has 1 aromatic carbocycles. The van der Waals surface area contributed by atoms with Crippen molar-refractivity contribution >= 4 is 23.4 Å². The van der Waals surface area contributed by atoms with Crippen molar-refractivity contribution in [1.29, 1.82) is 0 Å². The number of hydrogen-bond donors (Lipinski definition) is 3. The Balaban J connectivity index is 1.38. The standard InChI is InChI=1S/C19H23N7OS/c1-11(2)12-6-8-13(9-7-12)21-16(27)10-28-19-25-24-18(26(19)20)17-14-4-3-5-15(14)22-23-17/h6-9,11H,3-5,10,20H2,1-2H3,(H,21,27)(H,22,23). The van der Waals surface area contributed by atoms with Crippen LogP contribution < -0.4 is 11.2 Å². The normalized spacial score (nSPS) is 13.1. The fraction of sp³-hybridized carbons (Fsp3) is 0.368. The Kier molecular flexibility index (Phi) is 5.08. The highest BCUT2D eigenvalue weighted by molar-refractivity contribution is 7.99. The van der Waals surface area contributed by atoms with Crippen LogP contribution in [0.3, 0.4) is 0 Å². The molecule has 28 heavy (non-hydrogen) atoms. The first kappa shape index (κ1) is 18.5. The number of benzene rings is 1. The molecule has 4 rings (SSSR count). The molecule has 0 spiro atoms. The van der Waals surface area contributed by atoms with E-state index in [1.165, 1.54) is 27.6 Å². The van der Waals surface area contributed by atoms with Crippen molar-refractivity contribution in [1.82, 2.24) is 25.1 Å². The Labute approximate surface area is 167 Å². The van der Waals surface area contributed by atoms with E-state index < -0.39 is 0 Å². The lowest BCUT2D eigenvalue weighted by molar-refractivity contribution is -0.113. The molecular weight excluding hydrogens is 374 g/mol. The van der Waals surface area contributed by atoms with Crippen LogP contribution >= 0.6 is 11.8 Å². The van der Waals surface area contributed by atoms with Gasteiger partial charge in [0.05, 0.1) is 5.75 Å². The number of rotatable bonds is 6. The van der Waals surface area contributed by atoms with E-state index in [2.05, 4.69) is 39.6 Å². The summed E-state index contributed by atoms with van der Waals surface area (Å²) in [7, 11) is 0. The van der Waals surface area contributed by atoms with E-state index in [1.807, 2.05) is 24.3 Å². The number of carbonyl (C=O) groups excluding carboxylic acids is 1. The van der Waals surface area contributed by atoms with Gasteiger partial charge in [-0.05, 0) is 42.9 Å². The third-order valence-electron chi connectivity index (χ3n) is 4.88. The van der Waals surface area contributed by atoms with Gasteiger partial charge in [-0.3, -0.25) is 9.89 Å². The summed E-state index contributed by atoms with van der Waals surface area (Å²) in [6.07, 6.45) is 3.07. The van der Waals surface area contributed by atoms with Crippen LogP contribution in [0.1, 0.15) is 43.0 Å². The monoisotopic (exact) mass is 397 g/mol. The van der Waals surface area contributed by atoms with Gasteiger partial charge in [-0.1, -0.05) is 37.7 Å². The molecule has 2 heterocycles. The molecule has 0 unspecified atom stereocenters. The largest absolute Gasteiger partial charge is 0.335 e. The summed E-state index contributed by atoms with van der Waals surface area (Å²) in [6, 6.07) is 7.89. The predicted molar refractivity (Wildman–Crippen MR) is 110 cm³/mol. The average Bonchev–Trinajstić information content (AvgIpc) is 3.37. The van der Waals surface area contributed by atoms with Gasteiger partial charge in [0.1, 0.15) is 5.69 Å². The zero-order valence-corrected chi connectivity index (χ0v) is 16.7. The number of aromatic amines is 1. The van der Waals surface area contributed by atoms with Crippen LogP contribution in [0.4, 0.5) is 5.69 Å². The zero-order valence-electron chi connectivity index (χ0n) is 15.9. The van der Waals surface area contributed by atoms with Crippen LogP contribution in [-0.4, -0.2) is 36.7 Å². The molecular formula is C19H23N7OS. The van der Waals surface area contributed by atoms with Crippen molar-refractivity contribution in [3.05, 3.63) is 41.1 Å². The van der Waals surface area contributed by atoms with E-state index in [1.54, 1.807) is 0 Å². The molecule has 0 atom stereocenters. The Morgan fingerprint density at radius 3 is 2.82 bits per heavy atom. The van der Waals surface area contributed by atoms with Crippen molar-refractivity contribution in [3.8, 4) is 11.5 Å². The number of thioether (sulfide) groups is 1. The molecule has 8 nitrogen and oxygen atoms in total.